The van der Waals surface area contributed by atoms with Crippen LogP contribution >= 0.6 is 11.3 Å². The number of nitrogens with zero attached hydrogens (tertiary/aromatic N) is 2. The first-order chi connectivity index (χ1) is 13.0. The number of anilines is 1. The number of methoxy groups -OCH3 is 1. The number of alkyl halides is 3. The highest BCUT2D eigenvalue weighted by Gasteiger charge is 2.72. The van der Waals surface area contributed by atoms with Gasteiger partial charge in [-0.25, -0.2) is 4.98 Å². The van der Waals surface area contributed by atoms with Crippen LogP contribution in [0.15, 0.2) is 30.5 Å². The van der Waals surface area contributed by atoms with E-state index in [1.807, 2.05) is 10.6 Å². The number of hydrogen-bond acceptors (Lipinski definition) is 8. The van der Waals surface area contributed by atoms with Crippen molar-refractivity contribution < 1.29 is 32.4 Å². The highest BCUT2D eigenvalue weighted by molar-refractivity contribution is 7.22. The fourth-order valence-corrected chi connectivity index (χ4v) is 3.85. The van der Waals surface area contributed by atoms with E-state index in [9.17, 15) is 32.9 Å². The van der Waals surface area contributed by atoms with Crippen LogP contribution in [0, 0.1) is 16.0 Å². The second-order valence-corrected chi connectivity index (χ2v) is 6.83. The molecule has 1 aliphatic heterocycles. The lowest BCUT2D eigenvalue weighted by atomic mass is 9.84. The van der Waals surface area contributed by atoms with Gasteiger partial charge < -0.3 is 15.4 Å². The Morgan fingerprint density at radius 1 is 1.50 bits per heavy atom. The van der Waals surface area contributed by atoms with Crippen LogP contribution in [0.3, 0.4) is 0 Å². The maximum Gasteiger partial charge on any atom is 0.421 e. The van der Waals surface area contributed by atoms with Gasteiger partial charge in [0.25, 0.3) is 11.6 Å². The van der Waals surface area contributed by atoms with Crippen molar-refractivity contribution in [3.63, 3.8) is 0 Å². The fraction of sp³-hybridized carbons (Fsp3) is 0.267. The number of nitro benzene ring substituents is 1. The third-order valence-corrected chi connectivity index (χ3v) is 5.12. The maximum atomic E-state index is 14.0. The first kappa shape index (κ1) is 19.5. The molecule has 2 heterocycles. The minimum absolute atomic E-state index is 0.183. The number of carbonyl (C=O) groups is 2. The fourth-order valence-electron chi connectivity index (χ4n) is 2.89. The molecule has 0 unspecified atom stereocenters. The van der Waals surface area contributed by atoms with Crippen LogP contribution in [0.25, 0.3) is 10.2 Å². The number of halogens is 3. The van der Waals surface area contributed by atoms with E-state index in [4.69, 9.17) is 0 Å². The molecule has 13 heteroatoms. The van der Waals surface area contributed by atoms with E-state index in [-0.39, 0.29) is 21.0 Å². The number of nitro groups is 1. The molecule has 2 N–H and O–H groups in total. The Bertz CT molecular complexity index is 1020. The number of esters is 1. The molecule has 0 radical (unpaired) electrons. The van der Waals surface area contributed by atoms with Crippen molar-refractivity contribution in [1.29, 1.82) is 0 Å². The minimum Gasteiger partial charge on any atom is -0.468 e. The number of non-ortho nitro benzene ring substituents is 1. The number of amides is 1. The predicted molar refractivity (Wildman–Crippen MR) is 91.5 cm³/mol. The second-order valence-electron chi connectivity index (χ2n) is 5.79. The molecular formula is C15H11F3N4O5S. The summed E-state index contributed by atoms with van der Waals surface area (Å²) in [5, 5.41) is 14.4. The number of rotatable bonds is 4. The summed E-state index contributed by atoms with van der Waals surface area (Å²) in [4.78, 5) is 38.4. The highest BCUT2D eigenvalue weighted by atomic mass is 32.1. The van der Waals surface area contributed by atoms with Gasteiger partial charge in [-0.2, -0.15) is 13.2 Å². The van der Waals surface area contributed by atoms with Crippen molar-refractivity contribution >= 4 is 44.2 Å². The van der Waals surface area contributed by atoms with Crippen molar-refractivity contribution in [1.82, 2.24) is 10.3 Å². The third-order valence-electron chi connectivity index (χ3n) is 4.18. The van der Waals surface area contributed by atoms with Gasteiger partial charge in [-0.3, -0.25) is 19.7 Å². The molecule has 2 atom stereocenters. The number of fused-ring (bicyclic) bond motifs is 1. The van der Waals surface area contributed by atoms with Crippen LogP contribution in [0.1, 0.15) is 0 Å². The Labute approximate surface area is 158 Å². The van der Waals surface area contributed by atoms with Crippen LogP contribution in [-0.2, 0) is 14.3 Å². The van der Waals surface area contributed by atoms with E-state index in [1.165, 1.54) is 6.07 Å². The summed E-state index contributed by atoms with van der Waals surface area (Å²) in [6.07, 6.45) is -5.22. The van der Waals surface area contributed by atoms with Gasteiger partial charge in [0, 0.05) is 17.8 Å². The molecule has 0 spiro atoms. The van der Waals surface area contributed by atoms with Crippen LogP contribution < -0.4 is 10.6 Å². The molecule has 1 fully saturated rings. The first-order valence-corrected chi connectivity index (χ1v) is 8.31. The lowest BCUT2D eigenvalue weighted by Gasteiger charge is -2.33. The van der Waals surface area contributed by atoms with Crippen molar-refractivity contribution in [2.45, 2.75) is 11.7 Å². The van der Waals surface area contributed by atoms with Crippen molar-refractivity contribution in [3.05, 3.63) is 40.6 Å². The lowest BCUT2D eigenvalue weighted by molar-refractivity contribution is -0.384. The van der Waals surface area contributed by atoms with Crippen LogP contribution in [0.5, 0.6) is 0 Å². The molecule has 2 aromatic rings. The average Bonchev–Trinajstić information content (AvgIpc) is 3.11. The number of hydrogen-bond donors (Lipinski definition) is 2. The van der Waals surface area contributed by atoms with Gasteiger partial charge in [0.2, 0.25) is 5.54 Å². The number of ether oxygens (including phenoxy) is 1. The number of carbonyl (C=O) groups excluding carboxylic acids is 2. The summed E-state index contributed by atoms with van der Waals surface area (Å²) in [7, 11) is 0.885. The Hall–Kier alpha value is -3.22. The topological polar surface area (TPSA) is 123 Å². The molecule has 1 aromatic carbocycles. The molecule has 0 saturated carbocycles. The van der Waals surface area contributed by atoms with Crippen LogP contribution in [0.2, 0.25) is 0 Å². The van der Waals surface area contributed by atoms with E-state index >= 15 is 0 Å². The summed E-state index contributed by atoms with van der Waals surface area (Å²) in [6.45, 7) is 3.31. The minimum atomic E-state index is -5.22. The zero-order chi connectivity index (χ0) is 20.9. The van der Waals surface area contributed by atoms with Gasteiger partial charge in [0.05, 0.1) is 22.2 Å². The van der Waals surface area contributed by atoms with E-state index in [2.05, 4.69) is 16.3 Å². The second kappa shape index (κ2) is 6.44. The molecular weight excluding hydrogens is 405 g/mol. The summed E-state index contributed by atoms with van der Waals surface area (Å²) in [5.74, 6) is -4.94. The number of benzene rings is 1. The lowest BCUT2D eigenvalue weighted by Crippen LogP contribution is -2.62. The molecule has 1 aliphatic rings. The quantitative estimate of drug-likeness (QED) is 0.445. The summed E-state index contributed by atoms with van der Waals surface area (Å²) in [5.41, 5.74) is -3.95. The molecule has 1 amide bonds. The Kier molecular flexibility index (Phi) is 4.49. The average molecular weight is 416 g/mol. The molecule has 9 nitrogen and oxygen atoms in total. The molecule has 28 heavy (non-hydrogen) atoms. The molecule has 148 valence electrons. The molecule has 3 rings (SSSR count). The van der Waals surface area contributed by atoms with Crippen LogP contribution in [-0.4, -0.2) is 40.6 Å². The Morgan fingerprint density at radius 2 is 2.18 bits per heavy atom. The predicted octanol–water partition coefficient (Wildman–Crippen LogP) is 2.35. The first-order valence-electron chi connectivity index (χ1n) is 7.49. The highest BCUT2D eigenvalue weighted by Crippen LogP contribution is 2.46. The molecule has 1 aromatic heterocycles. The van der Waals surface area contributed by atoms with Gasteiger partial charge in [-0.05, 0) is 6.07 Å². The largest absolute Gasteiger partial charge is 0.468 e. The zero-order valence-electron chi connectivity index (χ0n) is 14.0. The van der Waals surface area contributed by atoms with Crippen molar-refractivity contribution in [2.75, 3.05) is 12.4 Å². The SMILES string of the molecule is C=C1NC(=O)[C@](Nc2nc3ccc([N+](=O)[O-])cc3s2)(C(F)(F)F)[C@@H]1C(=O)OC. The molecule has 0 aliphatic carbocycles. The third kappa shape index (κ3) is 2.83. The van der Waals surface area contributed by atoms with Crippen molar-refractivity contribution in [3.8, 4) is 0 Å². The van der Waals surface area contributed by atoms with Gasteiger partial charge >= 0.3 is 12.1 Å². The maximum absolute atomic E-state index is 14.0. The van der Waals surface area contributed by atoms with E-state index < -0.39 is 40.1 Å². The smallest absolute Gasteiger partial charge is 0.421 e. The van der Waals surface area contributed by atoms with Gasteiger partial charge in [-0.1, -0.05) is 17.9 Å². The Balaban J connectivity index is 2.12. The number of aromatic nitrogens is 1. The molecule has 0 bridgehead atoms. The van der Waals surface area contributed by atoms with Crippen LogP contribution in [0.4, 0.5) is 24.0 Å². The summed E-state index contributed by atoms with van der Waals surface area (Å²) in [6, 6.07) is 3.55. The molecule has 1 saturated heterocycles. The zero-order valence-corrected chi connectivity index (χ0v) is 14.8. The van der Waals surface area contributed by atoms with Gasteiger partial charge in [0.15, 0.2) is 5.13 Å². The number of nitrogens with one attached hydrogen (secondary N) is 2. The standard InChI is InChI=1S/C15H11F3N4O5S/c1-6-10(11(23)27-2)14(12(24)19-6,15(16,17)18)21-13-20-8-4-3-7(22(25)26)5-9(8)28-13/h3-5,10H,1H2,2H3,(H,19,24)(H,20,21)/t10-,14-/m0/s1. The van der Waals surface area contributed by atoms with Gasteiger partial charge in [-0.15, -0.1) is 0 Å². The van der Waals surface area contributed by atoms with Gasteiger partial charge in [0.1, 0.15) is 5.92 Å². The normalized spacial score (nSPS) is 22.2. The number of thiazole rings is 1. The van der Waals surface area contributed by atoms with E-state index in [1.54, 1.807) is 0 Å². The van der Waals surface area contributed by atoms with E-state index in [0.717, 1.165) is 19.2 Å². The summed E-state index contributed by atoms with van der Waals surface area (Å²) < 4.78 is 46.7. The summed E-state index contributed by atoms with van der Waals surface area (Å²) >= 11 is 0.667. The monoisotopic (exact) mass is 416 g/mol. The Morgan fingerprint density at radius 3 is 2.75 bits per heavy atom. The van der Waals surface area contributed by atoms with Crippen molar-refractivity contribution in [2.24, 2.45) is 5.92 Å². The van der Waals surface area contributed by atoms with E-state index in [0.29, 0.717) is 11.3 Å².